The molecule has 2 rings (SSSR count). The minimum Gasteiger partial charge on any atom is -0.481 e. The molecular weight excluding hydrogens is 220 g/mol. The number of aliphatic carboxylic acids is 1. The van der Waals surface area contributed by atoms with Gasteiger partial charge in [0, 0.05) is 0 Å². The number of carbonyl (C=O) groups is 1. The molecule has 0 bridgehead atoms. The molecule has 0 radical (unpaired) electrons. The van der Waals surface area contributed by atoms with Crippen LogP contribution in [0.15, 0.2) is 11.4 Å². The number of carboxylic acid groups (broad SMARTS) is 1. The molecule has 1 heterocycles. The molecule has 0 aromatic carbocycles. The fraction of sp³-hybridized carbons (Fsp3) is 0.500. The van der Waals surface area contributed by atoms with Crippen molar-refractivity contribution in [1.82, 2.24) is 0 Å². The highest BCUT2D eigenvalue weighted by Gasteiger charge is 2.44. The predicted molar refractivity (Wildman–Crippen MR) is 57.0 cm³/mol. The van der Waals surface area contributed by atoms with Crippen molar-refractivity contribution < 1.29 is 9.90 Å². The van der Waals surface area contributed by atoms with Crippen LogP contribution in [0.3, 0.4) is 0 Å². The van der Waals surface area contributed by atoms with E-state index in [9.17, 15) is 4.79 Å². The summed E-state index contributed by atoms with van der Waals surface area (Å²) in [5.41, 5.74) is 0.562. The molecule has 4 heteroatoms. The van der Waals surface area contributed by atoms with E-state index in [-0.39, 0.29) is 0 Å². The van der Waals surface area contributed by atoms with Crippen LogP contribution in [0.25, 0.3) is 0 Å². The minimum absolute atomic E-state index is 0.496. The lowest BCUT2D eigenvalue weighted by Gasteiger charge is -2.37. The van der Waals surface area contributed by atoms with Crippen molar-refractivity contribution in [2.45, 2.75) is 25.7 Å². The summed E-state index contributed by atoms with van der Waals surface area (Å²) in [5.74, 6) is -0.661. The number of carboxylic acids is 1. The van der Waals surface area contributed by atoms with Gasteiger partial charge in [-0.2, -0.15) is 0 Å². The van der Waals surface area contributed by atoms with Crippen LogP contribution in [0.2, 0.25) is 4.34 Å². The van der Waals surface area contributed by atoms with Gasteiger partial charge in [-0.05, 0) is 36.3 Å². The van der Waals surface area contributed by atoms with Crippen LogP contribution in [0, 0.1) is 5.41 Å². The van der Waals surface area contributed by atoms with Gasteiger partial charge in [0.2, 0.25) is 0 Å². The summed E-state index contributed by atoms with van der Waals surface area (Å²) in [6, 6.07) is 1.87. The van der Waals surface area contributed by atoms with E-state index in [2.05, 4.69) is 0 Å². The fourth-order valence-electron chi connectivity index (χ4n) is 1.90. The predicted octanol–water partition coefficient (Wildman–Crippen LogP) is 3.20. The van der Waals surface area contributed by atoms with Crippen molar-refractivity contribution in [1.29, 1.82) is 0 Å². The van der Waals surface area contributed by atoms with E-state index in [1.165, 1.54) is 11.3 Å². The molecule has 14 heavy (non-hydrogen) atoms. The van der Waals surface area contributed by atoms with Crippen molar-refractivity contribution in [2.75, 3.05) is 0 Å². The quantitative estimate of drug-likeness (QED) is 0.866. The summed E-state index contributed by atoms with van der Waals surface area (Å²) in [7, 11) is 0. The number of rotatable bonds is 3. The van der Waals surface area contributed by atoms with Crippen molar-refractivity contribution in [3.8, 4) is 0 Å². The van der Waals surface area contributed by atoms with E-state index < -0.39 is 11.4 Å². The van der Waals surface area contributed by atoms with Crippen LogP contribution in [0.4, 0.5) is 0 Å². The lowest BCUT2D eigenvalue weighted by molar-refractivity contribution is -0.154. The Morgan fingerprint density at radius 3 is 2.71 bits per heavy atom. The molecule has 0 amide bonds. The largest absolute Gasteiger partial charge is 0.481 e. The maximum atomic E-state index is 11.1. The van der Waals surface area contributed by atoms with Crippen molar-refractivity contribution in [3.63, 3.8) is 0 Å². The maximum absolute atomic E-state index is 11.1. The van der Waals surface area contributed by atoms with E-state index in [4.69, 9.17) is 16.7 Å². The number of hydrogen-bond acceptors (Lipinski definition) is 2. The van der Waals surface area contributed by atoms with Gasteiger partial charge in [-0.15, -0.1) is 11.3 Å². The second kappa shape index (κ2) is 3.55. The zero-order valence-electron chi connectivity index (χ0n) is 7.62. The minimum atomic E-state index is -0.661. The SMILES string of the molecule is O=C(O)C1(Cc2csc(Cl)c2)CCC1. The van der Waals surface area contributed by atoms with Gasteiger partial charge in [0.15, 0.2) is 0 Å². The molecule has 1 fully saturated rings. The zero-order valence-corrected chi connectivity index (χ0v) is 9.20. The van der Waals surface area contributed by atoms with Crippen molar-refractivity contribution >= 4 is 28.9 Å². The molecule has 1 aliphatic rings. The van der Waals surface area contributed by atoms with Gasteiger partial charge in [0.05, 0.1) is 9.75 Å². The highest BCUT2D eigenvalue weighted by atomic mass is 35.5. The van der Waals surface area contributed by atoms with Crippen molar-refractivity contribution in [2.24, 2.45) is 5.41 Å². The second-order valence-electron chi connectivity index (χ2n) is 3.87. The summed E-state index contributed by atoms with van der Waals surface area (Å²) in [5, 5.41) is 11.1. The molecule has 1 N–H and O–H groups in total. The fourth-order valence-corrected chi connectivity index (χ4v) is 2.81. The number of thiophene rings is 1. The number of halogens is 1. The third kappa shape index (κ3) is 1.66. The van der Waals surface area contributed by atoms with Crippen LogP contribution >= 0.6 is 22.9 Å². The van der Waals surface area contributed by atoms with Gasteiger partial charge < -0.3 is 5.11 Å². The summed E-state index contributed by atoms with van der Waals surface area (Å²) in [4.78, 5) is 11.1. The first kappa shape index (κ1) is 9.99. The molecule has 0 aliphatic heterocycles. The Balaban J connectivity index is 2.12. The molecule has 1 aromatic heterocycles. The van der Waals surface area contributed by atoms with Gasteiger partial charge in [-0.25, -0.2) is 0 Å². The van der Waals surface area contributed by atoms with Crippen LogP contribution in [0.1, 0.15) is 24.8 Å². The Morgan fingerprint density at radius 2 is 2.36 bits per heavy atom. The molecular formula is C10H11ClO2S. The first-order valence-corrected chi connectivity index (χ1v) is 5.84. The van der Waals surface area contributed by atoms with E-state index in [1.54, 1.807) is 0 Å². The van der Waals surface area contributed by atoms with Gasteiger partial charge in [-0.1, -0.05) is 18.0 Å². The van der Waals surface area contributed by atoms with Gasteiger partial charge >= 0.3 is 5.97 Å². The Labute approximate surface area is 91.5 Å². The molecule has 1 aliphatic carbocycles. The van der Waals surface area contributed by atoms with Crippen LogP contribution in [0.5, 0.6) is 0 Å². The zero-order chi connectivity index (χ0) is 10.2. The average molecular weight is 231 g/mol. The van der Waals surface area contributed by atoms with E-state index in [0.717, 1.165) is 29.2 Å². The molecule has 1 aromatic rings. The van der Waals surface area contributed by atoms with E-state index >= 15 is 0 Å². The molecule has 1 saturated carbocycles. The molecule has 2 nitrogen and oxygen atoms in total. The topological polar surface area (TPSA) is 37.3 Å². The van der Waals surface area contributed by atoms with Crippen LogP contribution < -0.4 is 0 Å². The maximum Gasteiger partial charge on any atom is 0.309 e. The van der Waals surface area contributed by atoms with Gasteiger partial charge in [0.1, 0.15) is 0 Å². The Kier molecular flexibility index (Phi) is 2.54. The van der Waals surface area contributed by atoms with E-state index in [1.807, 2.05) is 11.4 Å². The first-order chi connectivity index (χ1) is 6.62. The summed E-state index contributed by atoms with van der Waals surface area (Å²) >= 11 is 7.27. The Hall–Kier alpha value is -0.540. The summed E-state index contributed by atoms with van der Waals surface area (Å²) in [6.45, 7) is 0. The van der Waals surface area contributed by atoms with Crippen LogP contribution in [-0.4, -0.2) is 11.1 Å². The summed E-state index contributed by atoms with van der Waals surface area (Å²) < 4.78 is 0.736. The third-order valence-corrected chi connectivity index (χ3v) is 4.07. The highest BCUT2D eigenvalue weighted by molar-refractivity contribution is 7.14. The molecule has 0 unspecified atom stereocenters. The van der Waals surface area contributed by atoms with E-state index in [0.29, 0.717) is 6.42 Å². The average Bonchev–Trinajstić information content (AvgIpc) is 2.43. The Morgan fingerprint density at radius 1 is 1.64 bits per heavy atom. The highest BCUT2D eigenvalue weighted by Crippen LogP contribution is 2.44. The number of hydrogen-bond donors (Lipinski definition) is 1. The monoisotopic (exact) mass is 230 g/mol. The Bertz CT molecular complexity index is 355. The first-order valence-electron chi connectivity index (χ1n) is 4.59. The molecule has 76 valence electrons. The van der Waals surface area contributed by atoms with Gasteiger partial charge in [-0.3, -0.25) is 4.79 Å². The molecule has 0 saturated heterocycles. The van der Waals surface area contributed by atoms with Gasteiger partial charge in [0.25, 0.3) is 0 Å². The smallest absolute Gasteiger partial charge is 0.309 e. The third-order valence-electron chi connectivity index (χ3n) is 2.93. The normalized spacial score (nSPS) is 18.9. The molecule has 0 spiro atoms. The van der Waals surface area contributed by atoms with Crippen LogP contribution in [-0.2, 0) is 11.2 Å². The summed E-state index contributed by atoms with van der Waals surface area (Å²) in [6.07, 6.45) is 3.27. The van der Waals surface area contributed by atoms with Crippen molar-refractivity contribution in [3.05, 3.63) is 21.3 Å². The second-order valence-corrected chi connectivity index (χ2v) is 5.42. The standard InChI is InChI=1S/C10H11ClO2S/c11-8-4-7(6-14-8)5-10(9(12)13)2-1-3-10/h4,6H,1-3,5H2,(H,12,13). The lowest BCUT2D eigenvalue weighted by atomic mass is 9.66. The molecule has 0 atom stereocenters. The lowest BCUT2D eigenvalue weighted by Crippen LogP contribution is -2.39.